The van der Waals surface area contributed by atoms with Crippen LogP contribution in [0.15, 0.2) is 0 Å². The highest BCUT2D eigenvalue weighted by Gasteiger charge is 2.12. The highest BCUT2D eigenvalue weighted by Crippen LogP contribution is 2.14. The van der Waals surface area contributed by atoms with Crippen LogP contribution in [0, 0.1) is 11.8 Å². The zero-order valence-corrected chi connectivity index (χ0v) is 36.5. The van der Waals surface area contributed by atoms with Crippen molar-refractivity contribution in [2.75, 3.05) is 52.7 Å². The van der Waals surface area contributed by atoms with Crippen molar-refractivity contribution >= 4 is 11.9 Å². The SMILES string of the molecule is CCCCCCCCCCCOC(=O)CCCCCN(CCO)CCCCCC(=O)OCCC(OCCCCCCC(C)C)OCCCCCCC(C)C. The third kappa shape index (κ3) is 40.4. The van der Waals surface area contributed by atoms with Crippen LogP contribution < -0.4 is 0 Å². The van der Waals surface area contributed by atoms with E-state index >= 15 is 0 Å². The number of carbonyl (C=O) groups is 2. The monoisotopic (exact) mass is 770 g/mol. The minimum Gasteiger partial charge on any atom is -0.466 e. The molecule has 0 aromatic rings. The first kappa shape index (κ1) is 52.8. The van der Waals surface area contributed by atoms with E-state index in [1.807, 2.05) is 0 Å². The number of aliphatic hydroxyl groups excluding tert-OH is 1. The summed E-state index contributed by atoms with van der Waals surface area (Å²) >= 11 is 0. The van der Waals surface area contributed by atoms with Crippen LogP contribution in [0.2, 0.25) is 0 Å². The zero-order chi connectivity index (χ0) is 39.7. The number of esters is 2. The predicted molar refractivity (Wildman–Crippen MR) is 226 cm³/mol. The maximum absolute atomic E-state index is 12.5. The van der Waals surface area contributed by atoms with E-state index in [0.29, 0.717) is 52.2 Å². The van der Waals surface area contributed by atoms with Gasteiger partial charge in [-0.3, -0.25) is 9.59 Å². The van der Waals surface area contributed by atoms with Gasteiger partial charge in [-0.25, -0.2) is 0 Å². The molecule has 54 heavy (non-hydrogen) atoms. The zero-order valence-electron chi connectivity index (χ0n) is 36.5. The molecule has 0 aliphatic heterocycles. The number of nitrogens with zero attached hydrogens (tertiary/aromatic N) is 1. The fraction of sp³-hybridized carbons (Fsp3) is 0.957. The van der Waals surface area contributed by atoms with Crippen molar-refractivity contribution in [3.8, 4) is 0 Å². The molecule has 0 heterocycles. The summed E-state index contributed by atoms with van der Waals surface area (Å²) < 4.78 is 23.2. The predicted octanol–water partition coefficient (Wildman–Crippen LogP) is 12.0. The van der Waals surface area contributed by atoms with Crippen molar-refractivity contribution in [1.29, 1.82) is 0 Å². The molecule has 0 fully saturated rings. The van der Waals surface area contributed by atoms with Crippen molar-refractivity contribution < 1.29 is 33.6 Å². The Morgan fingerprint density at radius 2 is 0.870 bits per heavy atom. The molecule has 322 valence electrons. The molecule has 0 unspecified atom stereocenters. The normalized spacial score (nSPS) is 11.8. The van der Waals surface area contributed by atoms with Crippen molar-refractivity contribution in [3.05, 3.63) is 0 Å². The molecule has 0 radical (unpaired) electrons. The molecular weight excluding hydrogens is 679 g/mol. The number of ether oxygens (including phenoxy) is 4. The number of hydrogen-bond donors (Lipinski definition) is 1. The average Bonchev–Trinajstić information content (AvgIpc) is 3.13. The van der Waals surface area contributed by atoms with Gasteiger partial charge in [0.2, 0.25) is 0 Å². The van der Waals surface area contributed by atoms with Crippen molar-refractivity contribution in [2.45, 2.75) is 221 Å². The van der Waals surface area contributed by atoms with Gasteiger partial charge < -0.3 is 29.0 Å². The van der Waals surface area contributed by atoms with Crippen LogP contribution in [0.1, 0.15) is 214 Å². The molecule has 0 aliphatic rings. The molecule has 0 rings (SSSR count). The molecule has 0 spiro atoms. The summed E-state index contributed by atoms with van der Waals surface area (Å²) in [6, 6.07) is 0. The van der Waals surface area contributed by atoms with E-state index in [0.717, 1.165) is 89.1 Å². The van der Waals surface area contributed by atoms with E-state index in [2.05, 4.69) is 39.5 Å². The quantitative estimate of drug-likeness (QED) is 0.0372. The van der Waals surface area contributed by atoms with Crippen LogP contribution in [-0.2, 0) is 28.5 Å². The van der Waals surface area contributed by atoms with Gasteiger partial charge >= 0.3 is 11.9 Å². The van der Waals surface area contributed by atoms with Gasteiger partial charge in [-0.1, -0.05) is 150 Å². The Kier molecular flexibility index (Phi) is 40.5. The molecule has 8 heteroatoms. The third-order valence-electron chi connectivity index (χ3n) is 10.2. The van der Waals surface area contributed by atoms with Gasteiger partial charge in [0.15, 0.2) is 6.29 Å². The van der Waals surface area contributed by atoms with E-state index in [1.165, 1.54) is 96.3 Å². The lowest BCUT2D eigenvalue weighted by Crippen LogP contribution is -2.29. The van der Waals surface area contributed by atoms with Gasteiger partial charge in [0.1, 0.15) is 0 Å². The molecule has 0 atom stereocenters. The van der Waals surface area contributed by atoms with Crippen LogP contribution in [0.25, 0.3) is 0 Å². The first-order valence-electron chi connectivity index (χ1n) is 23.2. The Morgan fingerprint density at radius 1 is 0.463 bits per heavy atom. The van der Waals surface area contributed by atoms with Gasteiger partial charge in [-0.2, -0.15) is 0 Å². The second-order valence-corrected chi connectivity index (χ2v) is 16.6. The minimum atomic E-state index is -0.315. The topological polar surface area (TPSA) is 94.5 Å². The van der Waals surface area contributed by atoms with Crippen LogP contribution in [0.4, 0.5) is 0 Å². The molecule has 0 bridgehead atoms. The van der Waals surface area contributed by atoms with E-state index in [1.54, 1.807) is 0 Å². The lowest BCUT2D eigenvalue weighted by atomic mass is 10.0. The second-order valence-electron chi connectivity index (χ2n) is 16.6. The van der Waals surface area contributed by atoms with E-state index in [-0.39, 0.29) is 24.8 Å². The number of carbonyl (C=O) groups excluding carboxylic acids is 2. The molecule has 0 aromatic carbocycles. The summed E-state index contributed by atoms with van der Waals surface area (Å²) in [7, 11) is 0. The van der Waals surface area contributed by atoms with Crippen molar-refractivity contribution in [3.63, 3.8) is 0 Å². The summed E-state index contributed by atoms with van der Waals surface area (Å²) in [5.41, 5.74) is 0. The molecule has 8 nitrogen and oxygen atoms in total. The molecular formula is C46H91NO7. The molecule has 0 aromatic heterocycles. The number of unbranched alkanes of at least 4 members (excludes halogenated alkanes) is 18. The molecule has 0 amide bonds. The maximum Gasteiger partial charge on any atom is 0.305 e. The first-order chi connectivity index (χ1) is 26.3. The Hall–Kier alpha value is -1.22. The van der Waals surface area contributed by atoms with Gasteiger partial charge in [0, 0.05) is 39.0 Å². The Bertz CT molecular complexity index is 771. The lowest BCUT2D eigenvalue weighted by molar-refractivity contribution is -0.161. The summed E-state index contributed by atoms with van der Waals surface area (Å²) in [5, 5.41) is 9.54. The van der Waals surface area contributed by atoms with E-state index < -0.39 is 0 Å². The lowest BCUT2D eigenvalue weighted by Gasteiger charge is -2.21. The highest BCUT2D eigenvalue weighted by molar-refractivity contribution is 5.69. The van der Waals surface area contributed by atoms with Gasteiger partial charge in [0.25, 0.3) is 0 Å². The van der Waals surface area contributed by atoms with E-state index in [4.69, 9.17) is 18.9 Å². The largest absolute Gasteiger partial charge is 0.466 e. The molecule has 0 aliphatic carbocycles. The molecule has 0 saturated heterocycles. The summed E-state index contributed by atoms with van der Waals surface area (Å²) in [5.74, 6) is 1.32. The second kappa shape index (κ2) is 41.4. The first-order valence-corrected chi connectivity index (χ1v) is 23.2. The molecule has 0 saturated carbocycles. The minimum absolute atomic E-state index is 0.0710. The summed E-state index contributed by atoms with van der Waals surface area (Å²) in [4.78, 5) is 26.8. The van der Waals surface area contributed by atoms with Crippen LogP contribution in [-0.4, -0.2) is 80.9 Å². The van der Waals surface area contributed by atoms with Crippen molar-refractivity contribution in [1.82, 2.24) is 4.90 Å². The van der Waals surface area contributed by atoms with Crippen LogP contribution in [0.3, 0.4) is 0 Å². The van der Waals surface area contributed by atoms with Crippen molar-refractivity contribution in [2.24, 2.45) is 11.8 Å². The van der Waals surface area contributed by atoms with Gasteiger partial charge in [-0.05, 0) is 69.9 Å². The smallest absolute Gasteiger partial charge is 0.305 e. The Balaban J connectivity index is 4.07. The maximum atomic E-state index is 12.5. The van der Waals surface area contributed by atoms with Crippen LogP contribution in [0.5, 0.6) is 0 Å². The Labute approximate surface area is 334 Å². The standard InChI is InChI=1S/C46H91NO7/c1-6-7-8-9-10-11-12-15-26-38-51-44(49)31-22-18-24-34-47(36-37-48)35-25-19-23-32-45(50)52-41-33-46(53-39-27-16-13-20-29-42(2)3)54-40-28-17-14-21-30-43(4)5/h42-43,46,48H,6-41H2,1-5H3. The summed E-state index contributed by atoms with van der Waals surface area (Å²) in [6.07, 6.45) is 30.2. The molecule has 1 N–H and O–H groups in total. The Morgan fingerprint density at radius 3 is 1.33 bits per heavy atom. The van der Waals surface area contributed by atoms with Gasteiger partial charge in [0.05, 0.1) is 19.8 Å². The number of rotatable bonds is 43. The fourth-order valence-electron chi connectivity index (χ4n) is 6.71. The number of hydrogen-bond acceptors (Lipinski definition) is 8. The summed E-state index contributed by atoms with van der Waals surface area (Å²) in [6.45, 7) is 16.3. The van der Waals surface area contributed by atoms with Gasteiger partial charge in [-0.15, -0.1) is 0 Å². The number of aliphatic hydroxyl groups is 1. The third-order valence-corrected chi connectivity index (χ3v) is 10.2. The fourth-order valence-corrected chi connectivity index (χ4v) is 6.71. The highest BCUT2D eigenvalue weighted by atomic mass is 16.7. The van der Waals surface area contributed by atoms with Crippen LogP contribution >= 0.6 is 0 Å². The average molecular weight is 770 g/mol. The van der Waals surface area contributed by atoms with E-state index in [9.17, 15) is 14.7 Å².